The molecule has 0 radical (unpaired) electrons. The molecule has 2 N–H and O–H groups in total. The first-order valence-corrected chi connectivity index (χ1v) is 5.79. The fourth-order valence-electron chi connectivity index (χ4n) is 1.95. The Bertz CT molecular complexity index is 653. The molecule has 1 aromatic carbocycles. The standard InChI is InChI=1S/C13H12F3NO3/c1-6(2)8-5-17-4-7-3-9(14)11(15)12(10(7)8)20-13(16,18)19/h3-6,18-19H,1-2H3. The van der Waals surface area contributed by atoms with Gasteiger partial charge in [-0.3, -0.25) is 4.98 Å². The third-order valence-corrected chi connectivity index (χ3v) is 2.78. The largest absolute Gasteiger partial charge is 0.492 e. The van der Waals surface area contributed by atoms with Gasteiger partial charge in [0, 0.05) is 23.2 Å². The molecular formula is C13H12F3NO3. The molecule has 0 spiro atoms. The van der Waals surface area contributed by atoms with Crippen LogP contribution in [0.25, 0.3) is 10.8 Å². The number of rotatable bonds is 3. The zero-order valence-corrected chi connectivity index (χ0v) is 10.7. The molecule has 0 aliphatic heterocycles. The van der Waals surface area contributed by atoms with Crippen LogP contribution in [-0.2, 0) is 0 Å². The summed E-state index contributed by atoms with van der Waals surface area (Å²) in [6.07, 6.45) is -1.48. The minimum absolute atomic E-state index is 0.0408. The second kappa shape index (κ2) is 4.92. The molecule has 0 saturated carbocycles. The average Bonchev–Trinajstić information content (AvgIpc) is 2.32. The summed E-state index contributed by atoms with van der Waals surface area (Å²) < 4.78 is 44.2. The van der Waals surface area contributed by atoms with Gasteiger partial charge >= 0.3 is 6.23 Å². The Kier molecular flexibility index (Phi) is 3.58. The number of ether oxygens (including phenoxy) is 1. The quantitative estimate of drug-likeness (QED) is 0.852. The fraction of sp³-hybridized carbons (Fsp3) is 0.308. The number of hydrogen-bond acceptors (Lipinski definition) is 4. The summed E-state index contributed by atoms with van der Waals surface area (Å²) in [6, 6.07) is 0.880. The van der Waals surface area contributed by atoms with Crippen molar-refractivity contribution in [2.75, 3.05) is 0 Å². The highest BCUT2D eigenvalue weighted by molar-refractivity contribution is 5.91. The molecule has 0 amide bonds. The van der Waals surface area contributed by atoms with Gasteiger partial charge < -0.3 is 14.9 Å². The first-order valence-electron chi connectivity index (χ1n) is 5.79. The van der Waals surface area contributed by atoms with E-state index in [1.165, 1.54) is 12.4 Å². The lowest BCUT2D eigenvalue weighted by Gasteiger charge is -2.18. The van der Waals surface area contributed by atoms with Crippen molar-refractivity contribution in [2.24, 2.45) is 0 Å². The van der Waals surface area contributed by atoms with E-state index in [9.17, 15) is 13.2 Å². The second-order valence-corrected chi connectivity index (χ2v) is 4.61. The number of alkyl halides is 1. The topological polar surface area (TPSA) is 62.6 Å². The van der Waals surface area contributed by atoms with Crippen molar-refractivity contribution in [3.63, 3.8) is 0 Å². The molecule has 0 atom stereocenters. The normalized spacial score (nSPS) is 12.2. The molecule has 0 fully saturated rings. The van der Waals surface area contributed by atoms with Gasteiger partial charge in [-0.1, -0.05) is 13.8 Å². The summed E-state index contributed by atoms with van der Waals surface area (Å²) in [7, 11) is 0. The molecule has 0 aliphatic carbocycles. The number of fused-ring (bicyclic) bond motifs is 1. The highest BCUT2D eigenvalue weighted by Crippen LogP contribution is 2.37. The average molecular weight is 287 g/mol. The van der Waals surface area contributed by atoms with E-state index in [4.69, 9.17) is 10.2 Å². The smallest absolute Gasteiger partial charge is 0.409 e. The van der Waals surface area contributed by atoms with Crippen LogP contribution >= 0.6 is 0 Å². The van der Waals surface area contributed by atoms with Crippen molar-refractivity contribution in [1.29, 1.82) is 0 Å². The summed E-state index contributed by atoms with van der Waals surface area (Å²) in [5, 5.41) is 17.5. The molecule has 0 saturated heterocycles. The van der Waals surface area contributed by atoms with Crippen molar-refractivity contribution < 1.29 is 28.1 Å². The lowest BCUT2D eigenvalue weighted by Crippen LogP contribution is -2.29. The monoisotopic (exact) mass is 287 g/mol. The molecule has 1 aromatic heterocycles. The lowest BCUT2D eigenvalue weighted by molar-refractivity contribution is -0.375. The summed E-state index contributed by atoms with van der Waals surface area (Å²) in [6.45, 7) is 3.53. The number of aliphatic hydroxyl groups is 2. The van der Waals surface area contributed by atoms with E-state index in [-0.39, 0.29) is 16.7 Å². The van der Waals surface area contributed by atoms with Gasteiger partial charge in [0.1, 0.15) is 0 Å². The lowest BCUT2D eigenvalue weighted by atomic mass is 9.98. The first kappa shape index (κ1) is 14.5. The van der Waals surface area contributed by atoms with Crippen molar-refractivity contribution in [3.05, 3.63) is 35.7 Å². The van der Waals surface area contributed by atoms with Crippen LogP contribution in [0.5, 0.6) is 5.75 Å². The van der Waals surface area contributed by atoms with E-state index in [1.54, 1.807) is 13.8 Å². The van der Waals surface area contributed by atoms with Gasteiger partial charge in [0.15, 0.2) is 11.6 Å². The zero-order chi connectivity index (χ0) is 15.1. The Labute approximate surface area is 112 Å². The minimum Gasteiger partial charge on any atom is -0.409 e. The van der Waals surface area contributed by atoms with Crippen LogP contribution < -0.4 is 4.74 Å². The second-order valence-electron chi connectivity index (χ2n) is 4.61. The first-order chi connectivity index (χ1) is 9.20. The highest BCUT2D eigenvalue weighted by atomic mass is 19.2. The van der Waals surface area contributed by atoms with Gasteiger partial charge in [-0.15, -0.1) is 4.39 Å². The molecular weight excluding hydrogens is 275 g/mol. The van der Waals surface area contributed by atoms with Crippen molar-refractivity contribution in [3.8, 4) is 5.75 Å². The van der Waals surface area contributed by atoms with Gasteiger partial charge in [0.2, 0.25) is 5.82 Å². The van der Waals surface area contributed by atoms with Crippen LogP contribution in [0.1, 0.15) is 25.3 Å². The molecule has 4 nitrogen and oxygen atoms in total. The van der Waals surface area contributed by atoms with E-state index in [0.29, 0.717) is 5.56 Å². The molecule has 20 heavy (non-hydrogen) atoms. The maximum Gasteiger partial charge on any atom is 0.492 e. The van der Waals surface area contributed by atoms with E-state index in [2.05, 4.69) is 9.72 Å². The maximum absolute atomic E-state index is 13.8. The van der Waals surface area contributed by atoms with Crippen LogP contribution in [0, 0.1) is 11.6 Å². The molecule has 1 heterocycles. The summed E-state index contributed by atoms with van der Waals surface area (Å²) >= 11 is 0. The Balaban J connectivity index is 2.83. The van der Waals surface area contributed by atoms with Gasteiger partial charge in [-0.05, 0) is 17.5 Å². The van der Waals surface area contributed by atoms with Gasteiger partial charge in [-0.25, -0.2) is 4.39 Å². The third-order valence-electron chi connectivity index (χ3n) is 2.78. The van der Waals surface area contributed by atoms with Gasteiger partial charge in [-0.2, -0.15) is 4.39 Å². The minimum atomic E-state index is -4.11. The molecule has 2 aromatic rings. The number of pyridine rings is 1. The summed E-state index contributed by atoms with van der Waals surface area (Å²) in [5.41, 5.74) is 0.459. The van der Waals surface area contributed by atoms with Crippen LogP contribution in [0.3, 0.4) is 0 Å². The van der Waals surface area contributed by atoms with Crippen LogP contribution in [0.4, 0.5) is 13.2 Å². The van der Waals surface area contributed by atoms with Gasteiger partial charge in [0.25, 0.3) is 0 Å². The van der Waals surface area contributed by atoms with Crippen molar-refractivity contribution in [2.45, 2.75) is 26.0 Å². The Hall–Kier alpha value is -1.86. The Morgan fingerprint density at radius 3 is 2.45 bits per heavy atom. The molecule has 0 bridgehead atoms. The van der Waals surface area contributed by atoms with E-state index < -0.39 is 23.6 Å². The summed E-state index contributed by atoms with van der Waals surface area (Å²) in [4.78, 5) is 3.88. The summed E-state index contributed by atoms with van der Waals surface area (Å²) in [5.74, 6) is -3.86. The fourth-order valence-corrected chi connectivity index (χ4v) is 1.95. The third kappa shape index (κ3) is 2.68. The van der Waals surface area contributed by atoms with Crippen LogP contribution in [0.15, 0.2) is 18.5 Å². The molecule has 0 aliphatic rings. The van der Waals surface area contributed by atoms with Crippen LogP contribution in [0.2, 0.25) is 0 Å². The van der Waals surface area contributed by atoms with Crippen molar-refractivity contribution in [1.82, 2.24) is 4.98 Å². The number of hydrogen-bond donors (Lipinski definition) is 2. The Morgan fingerprint density at radius 1 is 1.25 bits per heavy atom. The molecule has 0 unspecified atom stereocenters. The molecule has 108 valence electrons. The SMILES string of the molecule is CC(C)c1cncc2cc(F)c(F)c(OC(O)(O)F)c12. The van der Waals surface area contributed by atoms with E-state index in [1.807, 2.05) is 0 Å². The zero-order valence-electron chi connectivity index (χ0n) is 10.7. The number of aromatic nitrogens is 1. The highest BCUT2D eigenvalue weighted by Gasteiger charge is 2.30. The Morgan fingerprint density at radius 2 is 1.90 bits per heavy atom. The maximum atomic E-state index is 13.8. The molecule has 2 rings (SSSR count). The number of halogens is 3. The van der Waals surface area contributed by atoms with Gasteiger partial charge in [0.05, 0.1) is 0 Å². The predicted molar refractivity (Wildman–Crippen MR) is 64.7 cm³/mol. The van der Waals surface area contributed by atoms with E-state index in [0.717, 1.165) is 6.07 Å². The van der Waals surface area contributed by atoms with Crippen LogP contribution in [-0.4, -0.2) is 21.4 Å². The number of benzene rings is 1. The van der Waals surface area contributed by atoms with Crippen molar-refractivity contribution >= 4 is 10.8 Å². The predicted octanol–water partition coefficient (Wildman–Crippen LogP) is 2.58. The number of nitrogens with zero attached hydrogens (tertiary/aromatic N) is 1. The van der Waals surface area contributed by atoms with E-state index >= 15 is 0 Å². The molecule has 7 heteroatoms.